The third kappa shape index (κ3) is 4.06. The van der Waals surface area contributed by atoms with Crippen LogP contribution in [-0.4, -0.2) is 35.5 Å². The Hall–Kier alpha value is -2.39. The van der Waals surface area contributed by atoms with Crippen molar-refractivity contribution in [2.24, 2.45) is 0 Å². The molecular formula is C16H20N4O2. The van der Waals surface area contributed by atoms with Crippen LogP contribution in [0.25, 0.3) is 0 Å². The third-order valence-electron chi connectivity index (χ3n) is 3.77. The molecule has 1 fully saturated rings. The predicted octanol–water partition coefficient (Wildman–Crippen LogP) is 2.92. The van der Waals surface area contributed by atoms with Crippen molar-refractivity contribution in [1.29, 1.82) is 5.26 Å². The minimum atomic E-state index is -0.529. The molecule has 0 saturated carbocycles. The summed E-state index contributed by atoms with van der Waals surface area (Å²) < 4.78 is 0. The van der Waals surface area contributed by atoms with Gasteiger partial charge in [0.25, 0.3) is 5.69 Å². The van der Waals surface area contributed by atoms with Gasteiger partial charge in [0.05, 0.1) is 4.92 Å². The molecule has 0 radical (unpaired) electrons. The Morgan fingerprint density at radius 2 is 2.23 bits per heavy atom. The molecule has 1 aliphatic rings. The second-order valence-corrected chi connectivity index (χ2v) is 5.75. The molecule has 6 nitrogen and oxygen atoms in total. The average Bonchev–Trinajstić information content (AvgIpc) is 2.48. The van der Waals surface area contributed by atoms with E-state index < -0.39 is 4.92 Å². The van der Waals surface area contributed by atoms with Crippen molar-refractivity contribution in [2.75, 3.05) is 25.0 Å². The first-order chi connectivity index (χ1) is 10.5. The molecule has 1 aromatic rings. The molecule has 6 heteroatoms. The number of nitrogens with zero attached hydrogens (tertiary/aromatic N) is 3. The zero-order chi connectivity index (χ0) is 16.1. The molecule has 0 aliphatic carbocycles. The minimum Gasteiger partial charge on any atom is -0.382 e. The van der Waals surface area contributed by atoms with E-state index in [1.54, 1.807) is 12.1 Å². The van der Waals surface area contributed by atoms with Crippen LogP contribution in [0.1, 0.15) is 25.3 Å². The number of anilines is 1. The van der Waals surface area contributed by atoms with E-state index in [2.05, 4.69) is 16.8 Å². The van der Waals surface area contributed by atoms with Crippen LogP contribution in [-0.2, 0) is 0 Å². The molecule has 0 atom stereocenters. The van der Waals surface area contributed by atoms with Gasteiger partial charge in [0.1, 0.15) is 11.6 Å². The quantitative estimate of drug-likeness (QED) is 0.513. The van der Waals surface area contributed by atoms with Crippen molar-refractivity contribution in [3.8, 4) is 6.07 Å². The summed E-state index contributed by atoms with van der Waals surface area (Å²) in [6.07, 6.45) is 2.01. The highest BCUT2D eigenvalue weighted by molar-refractivity contribution is 5.59. The summed E-state index contributed by atoms with van der Waals surface area (Å²) in [5.74, 6) is 0. The van der Waals surface area contributed by atoms with E-state index in [0.29, 0.717) is 6.04 Å². The van der Waals surface area contributed by atoms with Crippen molar-refractivity contribution < 1.29 is 4.92 Å². The zero-order valence-electron chi connectivity index (χ0n) is 12.7. The van der Waals surface area contributed by atoms with Crippen molar-refractivity contribution in [3.05, 3.63) is 46.0 Å². The van der Waals surface area contributed by atoms with Crippen LogP contribution in [0.15, 0.2) is 30.4 Å². The van der Waals surface area contributed by atoms with Crippen molar-refractivity contribution >= 4 is 11.4 Å². The highest BCUT2D eigenvalue weighted by Gasteiger charge is 2.20. The smallest absolute Gasteiger partial charge is 0.287 e. The summed E-state index contributed by atoms with van der Waals surface area (Å²) in [6, 6.07) is 6.82. The molecule has 0 aromatic heterocycles. The van der Waals surface area contributed by atoms with Gasteiger partial charge in [-0.15, -0.1) is 0 Å². The number of likely N-dealkylation sites (tertiary alicyclic amines) is 1. The maximum absolute atomic E-state index is 10.8. The number of hydrogen-bond acceptors (Lipinski definition) is 5. The number of nitrogens with one attached hydrogen (secondary N) is 1. The van der Waals surface area contributed by atoms with Crippen LogP contribution in [0.5, 0.6) is 0 Å². The summed E-state index contributed by atoms with van der Waals surface area (Å²) in [5.41, 5.74) is 1.87. The largest absolute Gasteiger partial charge is 0.382 e. The van der Waals surface area contributed by atoms with Gasteiger partial charge in [-0.25, -0.2) is 0 Å². The third-order valence-corrected chi connectivity index (χ3v) is 3.77. The second-order valence-electron chi connectivity index (χ2n) is 5.75. The lowest BCUT2D eigenvalue weighted by Gasteiger charge is -2.32. The van der Waals surface area contributed by atoms with Crippen LogP contribution in [0.3, 0.4) is 0 Å². The summed E-state index contributed by atoms with van der Waals surface area (Å²) in [7, 11) is 0. The van der Waals surface area contributed by atoms with Crippen LogP contribution in [0.2, 0.25) is 0 Å². The standard InChI is InChI=1S/C16H20N4O2/c1-12(2)11-19-7-5-14(6-8-19)18-15-3-4-16(20(21)22)13(9-15)10-17/h3-4,9,14,18H,1,5-8,11H2,2H3. The summed E-state index contributed by atoms with van der Waals surface area (Å²) in [6.45, 7) is 8.91. The lowest BCUT2D eigenvalue weighted by atomic mass is 10.0. The Kier molecular flexibility index (Phi) is 5.12. The number of nitro groups is 1. The summed E-state index contributed by atoms with van der Waals surface area (Å²) >= 11 is 0. The van der Waals surface area contributed by atoms with Gasteiger partial charge in [-0.1, -0.05) is 12.2 Å². The van der Waals surface area contributed by atoms with Crippen molar-refractivity contribution in [3.63, 3.8) is 0 Å². The number of piperidine rings is 1. The van der Waals surface area contributed by atoms with Gasteiger partial charge >= 0.3 is 0 Å². The maximum atomic E-state index is 10.8. The molecule has 22 heavy (non-hydrogen) atoms. The summed E-state index contributed by atoms with van der Waals surface area (Å²) in [4.78, 5) is 12.7. The SMILES string of the molecule is C=C(C)CN1CCC(Nc2ccc([N+](=O)[O-])c(C#N)c2)CC1. The Labute approximate surface area is 130 Å². The van der Waals surface area contributed by atoms with E-state index in [9.17, 15) is 10.1 Å². The Balaban J connectivity index is 1.97. The fourth-order valence-corrected chi connectivity index (χ4v) is 2.73. The molecule has 1 saturated heterocycles. The lowest BCUT2D eigenvalue weighted by molar-refractivity contribution is -0.385. The van der Waals surface area contributed by atoms with E-state index in [0.717, 1.165) is 38.2 Å². The fourth-order valence-electron chi connectivity index (χ4n) is 2.73. The molecule has 2 rings (SSSR count). The van der Waals surface area contributed by atoms with E-state index in [-0.39, 0.29) is 11.3 Å². The van der Waals surface area contributed by atoms with Crippen LogP contribution in [0, 0.1) is 21.4 Å². The molecular weight excluding hydrogens is 280 g/mol. The number of rotatable bonds is 5. The predicted molar refractivity (Wildman–Crippen MR) is 85.7 cm³/mol. The molecule has 0 amide bonds. The van der Waals surface area contributed by atoms with Gasteiger partial charge in [-0.05, 0) is 31.9 Å². The molecule has 0 bridgehead atoms. The first-order valence-corrected chi connectivity index (χ1v) is 7.31. The van der Waals surface area contributed by atoms with Gasteiger partial charge in [-0.2, -0.15) is 5.26 Å². The van der Waals surface area contributed by atoms with E-state index in [4.69, 9.17) is 5.26 Å². The average molecular weight is 300 g/mol. The zero-order valence-corrected chi connectivity index (χ0v) is 12.7. The molecule has 1 aromatic carbocycles. The van der Waals surface area contributed by atoms with Crippen molar-refractivity contribution in [1.82, 2.24) is 4.90 Å². The molecule has 116 valence electrons. The normalized spacial score (nSPS) is 16.0. The van der Waals surface area contributed by atoms with Crippen LogP contribution >= 0.6 is 0 Å². The highest BCUT2D eigenvalue weighted by atomic mass is 16.6. The molecule has 1 heterocycles. The fraction of sp³-hybridized carbons (Fsp3) is 0.438. The topological polar surface area (TPSA) is 82.2 Å². The van der Waals surface area contributed by atoms with Crippen molar-refractivity contribution in [2.45, 2.75) is 25.8 Å². The molecule has 0 spiro atoms. The number of nitriles is 1. The van der Waals surface area contributed by atoms with E-state index >= 15 is 0 Å². The van der Waals surface area contributed by atoms with Gasteiger partial charge in [-0.3, -0.25) is 15.0 Å². The Morgan fingerprint density at radius 3 is 2.77 bits per heavy atom. The highest BCUT2D eigenvalue weighted by Crippen LogP contribution is 2.24. The maximum Gasteiger partial charge on any atom is 0.287 e. The number of hydrogen-bond donors (Lipinski definition) is 1. The number of benzene rings is 1. The number of nitro benzene ring substituents is 1. The molecule has 0 unspecified atom stereocenters. The summed E-state index contributed by atoms with van der Waals surface area (Å²) in [5, 5.41) is 23.2. The van der Waals surface area contributed by atoms with Gasteiger partial charge in [0.15, 0.2) is 0 Å². The first-order valence-electron chi connectivity index (χ1n) is 7.31. The Morgan fingerprint density at radius 1 is 1.55 bits per heavy atom. The van der Waals surface area contributed by atoms with E-state index in [1.165, 1.54) is 11.6 Å². The van der Waals surface area contributed by atoms with Gasteiger partial charge in [0.2, 0.25) is 0 Å². The van der Waals surface area contributed by atoms with Crippen LogP contribution < -0.4 is 5.32 Å². The van der Waals surface area contributed by atoms with E-state index in [1.807, 2.05) is 13.0 Å². The van der Waals surface area contributed by atoms with Gasteiger partial charge in [0, 0.05) is 37.4 Å². The Bertz CT molecular complexity index is 613. The second kappa shape index (κ2) is 7.05. The van der Waals surface area contributed by atoms with Crippen LogP contribution in [0.4, 0.5) is 11.4 Å². The molecule has 1 aliphatic heterocycles. The molecule has 1 N–H and O–H groups in total. The monoisotopic (exact) mass is 300 g/mol. The minimum absolute atomic E-state index is 0.0923. The van der Waals surface area contributed by atoms with Gasteiger partial charge < -0.3 is 5.32 Å². The lowest BCUT2D eigenvalue weighted by Crippen LogP contribution is -2.39. The first kappa shape index (κ1) is 16.0.